The summed E-state index contributed by atoms with van der Waals surface area (Å²) in [5.74, 6) is -0.301. The number of benzene rings is 2. The molecule has 2 aromatic carbocycles. The van der Waals surface area contributed by atoms with Gasteiger partial charge < -0.3 is 20.8 Å². The summed E-state index contributed by atoms with van der Waals surface area (Å²) < 4.78 is 13.6. The number of nitrogens with one attached hydrogen (secondary N) is 2. The standard InChI is InChI=1S/C22H25FN2O2/c23-16-5-3-6-17(21(16)27)25-19-11-13-10-18-14-4-1-2-7-22(14,8-9-24-18)15(13)12-20(19)26/h3,5-6,11-12,14,18,24-27H,1-2,4,7-10H2/t14-,18+,22+/m1/s1. The Morgan fingerprint density at radius 2 is 2.00 bits per heavy atom. The van der Waals surface area contributed by atoms with Crippen LogP contribution in [0.3, 0.4) is 0 Å². The van der Waals surface area contributed by atoms with E-state index in [1.165, 1.54) is 48.9 Å². The van der Waals surface area contributed by atoms with E-state index in [-0.39, 0.29) is 16.9 Å². The van der Waals surface area contributed by atoms with Gasteiger partial charge in [0, 0.05) is 11.5 Å². The van der Waals surface area contributed by atoms with E-state index < -0.39 is 11.6 Å². The maximum Gasteiger partial charge on any atom is 0.175 e. The molecule has 0 amide bonds. The Hall–Kier alpha value is -2.27. The molecule has 27 heavy (non-hydrogen) atoms. The second-order valence-electron chi connectivity index (χ2n) is 8.31. The predicted octanol–water partition coefficient (Wildman–Crippen LogP) is 4.33. The molecule has 0 unspecified atom stereocenters. The van der Waals surface area contributed by atoms with E-state index in [1.807, 2.05) is 12.1 Å². The summed E-state index contributed by atoms with van der Waals surface area (Å²) in [6, 6.07) is 8.75. The van der Waals surface area contributed by atoms with Crippen LogP contribution in [0.4, 0.5) is 15.8 Å². The summed E-state index contributed by atoms with van der Waals surface area (Å²) in [4.78, 5) is 0. The second-order valence-corrected chi connectivity index (χ2v) is 8.31. The number of fused-ring (bicyclic) bond motifs is 1. The van der Waals surface area contributed by atoms with Gasteiger partial charge in [0.25, 0.3) is 0 Å². The average molecular weight is 368 g/mol. The maximum atomic E-state index is 13.6. The van der Waals surface area contributed by atoms with Crippen molar-refractivity contribution >= 4 is 11.4 Å². The number of phenolic OH excluding ortho intramolecular Hbond substituents is 2. The third-order valence-electron chi connectivity index (χ3n) is 7.02. The minimum Gasteiger partial charge on any atom is -0.506 e. The Morgan fingerprint density at radius 3 is 2.89 bits per heavy atom. The van der Waals surface area contributed by atoms with Gasteiger partial charge in [-0.1, -0.05) is 18.9 Å². The molecule has 1 saturated carbocycles. The summed E-state index contributed by atoms with van der Waals surface area (Å²) >= 11 is 0. The lowest BCUT2D eigenvalue weighted by Gasteiger charge is -2.56. The van der Waals surface area contributed by atoms with Gasteiger partial charge in [0.15, 0.2) is 11.6 Å². The van der Waals surface area contributed by atoms with Crippen LogP contribution in [-0.2, 0) is 11.8 Å². The van der Waals surface area contributed by atoms with Gasteiger partial charge >= 0.3 is 0 Å². The minimum absolute atomic E-state index is 0.160. The molecule has 2 aliphatic carbocycles. The molecule has 2 fully saturated rings. The fourth-order valence-electron chi connectivity index (χ4n) is 5.83. The van der Waals surface area contributed by atoms with Crippen LogP contribution >= 0.6 is 0 Å². The maximum absolute atomic E-state index is 13.6. The smallest absolute Gasteiger partial charge is 0.175 e. The third kappa shape index (κ3) is 2.52. The number of para-hydroxylation sites is 1. The molecular formula is C22H25FN2O2. The van der Waals surface area contributed by atoms with Crippen LogP contribution < -0.4 is 10.6 Å². The van der Waals surface area contributed by atoms with Gasteiger partial charge in [-0.2, -0.15) is 0 Å². The van der Waals surface area contributed by atoms with E-state index in [0.29, 0.717) is 17.6 Å². The van der Waals surface area contributed by atoms with E-state index in [1.54, 1.807) is 6.07 Å². The first-order valence-corrected chi connectivity index (χ1v) is 9.93. The average Bonchev–Trinajstić information content (AvgIpc) is 2.67. The van der Waals surface area contributed by atoms with Gasteiger partial charge in [-0.15, -0.1) is 0 Å². The zero-order valence-corrected chi connectivity index (χ0v) is 15.3. The molecule has 0 radical (unpaired) electrons. The number of anilines is 2. The quantitative estimate of drug-likeness (QED) is 0.596. The largest absolute Gasteiger partial charge is 0.506 e. The zero-order chi connectivity index (χ0) is 18.6. The van der Waals surface area contributed by atoms with Crippen molar-refractivity contribution in [3.05, 3.63) is 47.3 Å². The lowest BCUT2D eigenvalue weighted by Crippen LogP contribution is -2.59. The summed E-state index contributed by atoms with van der Waals surface area (Å²) in [6.07, 6.45) is 7.07. The van der Waals surface area contributed by atoms with Crippen LogP contribution in [0.5, 0.6) is 11.5 Å². The van der Waals surface area contributed by atoms with Crippen molar-refractivity contribution < 1.29 is 14.6 Å². The number of piperidine rings is 1. The number of phenols is 2. The fraction of sp³-hybridized carbons (Fsp3) is 0.455. The van der Waals surface area contributed by atoms with Crippen LogP contribution in [0.25, 0.3) is 0 Å². The molecule has 2 bridgehead atoms. The minimum atomic E-state index is -0.680. The first-order chi connectivity index (χ1) is 13.1. The van der Waals surface area contributed by atoms with E-state index in [4.69, 9.17) is 0 Å². The summed E-state index contributed by atoms with van der Waals surface area (Å²) in [6.45, 7) is 1.04. The molecule has 5 heteroatoms. The van der Waals surface area contributed by atoms with Crippen molar-refractivity contribution in [2.75, 3.05) is 11.9 Å². The zero-order valence-electron chi connectivity index (χ0n) is 15.3. The van der Waals surface area contributed by atoms with Crippen molar-refractivity contribution in [1.29, 1.82) is 0 Å². The predicted molar refractivity (Wildman–Crippen MR) is 103 cm³/mol. The normalized spacial score (nSPS) is 28.9. The Labute approximate surface area is 158 Å². The molecule has 0 aromatic heterocycles. The van der Waals surface area contributed by atoms with E-state index >= 15 is 0 Å². The van der Waals surface area contributed by atoms with Crippen LogP contribution in [0, 0.1) is 11.7 Å². The molecule has 3 atom stereocenters. The molecule has 3 aliphatic rings. The van der Waals surface area contributed by atoms with Gasteiger partial charge in [-0.25, -0.2) is 4.39 Å². The monoisotopic (exact) mass is 368 g/mol. The Bertz CT molecular complexity index is 896. The van der Waals surface area contributed by atoms with Crippen molar-refractivity contribution in [2.45, 2.75) is 50.0 Å². The molecule has 4 nitrogen and oxygen atoms in total. The molecule has 1 aliphatic heterocycles. The molecule has 2 aromatic rings. The highest BCUT2D eigenvalue weighted by Gasteiger charge is 2.51. The van der Waals surface area contributed by atoms with E-state index in [0.717, 1.165) is 19.4 Å². The molecule has 5 rings (SSSR count). The summed E-state index contributed by atoms with van der Waals surface area (Å²) in [5, 5.41) is 27.4. The van der Waals surface area contributed by atoms with Crippen LogP contribution in [0.15, 0.2) is 30.3 Å². The number of hydrogen-bond acceptors (Lipinski definition) is 4. The number of rotatable bonds is 2. The SMILES string of the molecule is Oc1cc2c(cc1Nc1cccc(F)c1O)C[C@@H]1NCC[C@]23CCCC[C@H]13. The van der Waals surface area contributed by atoms with Gasteiger partial charge in [0.2, 0.25) is 0 Å². The van der Waals surface area contributed by atoms with Crippen LogP contribution in [-0.4, -0.2) is 22.8 Å². The second kappa shape index (κ2) is 6.13. The highest BCUT2D eigenvalue weighted by molar-refractivity contribution is 5.72. The summed E-state index contributed by atoms with van der Waals surface area (Å²) in [5.41, 5.74) is 3.50. The molecule has 142 valence electrons. The highest BCUT2D eigenvalue weighted by Crippen LogP contribution is 2.55. The molecular weight excluding hydrogens is 343 g/mol. The van der Waals surface area contributed by atoms with Gasteiger partial charge in [-0.05, 0) is 73.5 Å². The number of aromatic hydroxyl groups is 2. The summed E-state index contributed by atoms with van der Waals surface area (Å²) in [7, 11) is 0. The first kappa shape index (κ1) is 16.9. The van der Waals surface area contributed by atoms with Crippen molar-refractivity contribution in [3.63, 3.8) is 0 Å². The van der Waals surface area contributed by atoms with Crippen molar-refractivity contribution in [2.24, 2.45) is 5.92 Å². The Balaban J connectivity index is 1.57. The van der Waals surface area contributed by atoms with Crippen molar-refractivity contribution in [3.8, 4) is 11.5 Å². The lowest BCUT2D eigenvalue weighted by molar-refractivity contribution is 0.0796. The Kier molecular flexibility index (Phi) is 3.83. The van der Waals surface area contributed by atoms with Gasteiger partial charge in [-0.3, -0.25) is 0 Å². The van der Waals surface area contributed by atoms with Crippen molar-refractivity contribution in [1.82, 2.24) is 5.32 Å². The highest BCUT2D eigenvalue weighted by atomic mass is 19.1. The molecule has 0 spiro atoms. The Morgan fingerprint density at radius 1 is 1.11 bits per heavy atom. The van der Waals surface area contributed by atoms with Crippen LogP contribution in [0.2, 0.25) is 0 Å². The van der Waals surface area contributed by atoms with Gasteiger partial charge in [0.05, 0.1) is 11.4 Å². The fourth-order valence-corrected chi connectivity index (χ4v) is 5.83. The first-order valence-electron chi connectivity index (χ1n) is 9.93. The molecule has 4 N–H and O–H groups in total. The molecule has 1 saturated heterocycles. The lowest BCUT2D eigenvalue weighted by atomic mass is 9.53. The van der Waals surface area contributed by atoms with Gasteiger partial charge in [0.1, 0.15) is 5.75 Å². The molecule has 1 heterocycles. The number of hydrogen-bond donors (Lipinski definition) is 4. The van der Waals surface area contributed by atoms with E-state index in [2.05, 4.69) is 10.6 Å². The van der Waals surface area contributed by atoms with Crippen LogP contribution in [0.1, 0.15) is 43.2 Å². The van der Waals surface area contributed by atoms with E-state index in [9.17, 15) is 14.6 Å². The topological polar surface area (TPSA) is 64.5 Å². The number of halogens is 1. The third-order valence-corrected chi connectivity index (χ3v) is 7.02.